The van der Waals surface area contributed by atoms with Gasteiger partial charge in [0, 0.05) is 5.69 Å². The molecule has 14 heavy (non-hydrogen) atoms. The molecule has 0 fully saturated rings. The Morgan fingerprint density at radius 3 is 2.64 bits per heavy atom. The maximum absolute atomic E-state index is 5.18. The number of hydrogen-bond acceptors (Lipinski definition) is 1. The third kappa shape index (κ3) is 1.70. The van der Waals surface area contributed by atoms with Crippen LogP contribution in [0.1, 0.15) is 0 Å². The molecule has 0 saturated heterocycles. The summed E-state index contributed by atoms with van der Waals surface area (Å²) >= 11 is 0. The average Bonchev–Trinajstić information content (AvgIpc) is 2.26. The average molecular weight is 181 g/mol. The van der Waals surface area contributed by atoms with Gasteiger partial charge in [-0.25, -0.2) is 0 Å². The van der Waals surface area contributed by atoms with Gasteiger partial charge in [-0.2, -0.15) is 0 Å². The number of terminal acetylenes is 1. The monoisotopic (exact) mass is 181 g/mol. The molecule has 0 aliphatic heterocycles. The van der Waals surface area contributed by atoms with Gasteiger partial charge in [0.25, 0.3) is 0 Å². The van der Waals surface area contributed by atoms with Gasteiger partial charge >= 0.3 is 0 Å². The van der Waals surface area contributed by atoms with E-state index in [1.54, 1.807) is 0 Å². The first kappa shape index (κ1) is 8.65. The highest BCUT2D eigenvalue weighted by atomic mass is 14.8. The van der Waals surface area contributed by atoms with Crippen molar-refractivity contribution in [3.05, 3.63) is 42.5 Å². The maximum atomic E-state index is 5.18. The van der Waals surface area contributed by atoms with Crippen molar-refractivity contribution in [1.82, 2.24) is 0 Å². The summed E-state index contributed by atoms with van der Waals surface area (Å²) in [5.74, 6) is 2.55. The summed E-state index contributed by atoms with van der Waals surface area (Å²) in [5.41, 5.74) is 1.07. The van der Waals surface area contributed by atoms with Crippen molar-refractivity contribution in [2.45, 2.75) is 0 Å². The van der Waals surface area contributed by atoms with Crippen LogP contribution >= 0.6 is 0 Å². The summed E-state index contributed by atoms with van der Waals surface area (Å²) < 4.78 is 0. The molecule has 0 aliphatic rings. The van der Waals surface area contributed by atoms with E-state index in [-0.39, 0.29) is 0 Å². The molecule has 0 aliphatic carbocycles. The van der Waals surface area contributed by atoms with Crippen molar-refractivity contribution in [1.29, 1.82) is 0 Å². The van der Waals surface area contributed by atoms with E-state index in [0.29, 0.717) is 6.54 Å². The second-order valence-electron chi connectivity index (χ2n) is 3.12. The van der Waals surface area contributed by atoms with Crippen LogP contribution in [0.25, 0.3) is 10.8 Å². The minimum Gasteiger partial charge on any atom is -0.374 e. The lowest BCUT2D eigenvalue weighted by Gasteiger charge is -2.03. The van der Waals surface area contributed by atoms with Crippen LogP contribution in [0.15, 0.2) is 42.5 Å². The van der Waals surface area contributed by atoms with E-state index in [0.717, 1.165) is 5.69 Å². The van der Waals surface area contributed by atoms with E-state index in [1.807, 2.05) is 18.2 Å². The first-order chi connectivity index (χ1) is 6.90. The predicted octanol–water partition coefficient (Wildman–Crippen LogP) is 2.88. The Morgan fingerprint density at radius 2 is 1.86 bits per heavy atom. The molecule has 0 spiro atoms. The zero-order valence-corrected chi connectivity index (χ0v) is 7.83. The highest BCUT2D eigenvalue weighted by Gasteiger charge is 1.93. The minimum absolute atomic E-state index is 0.568. The summed E-state index contributed by atoms with van der Waals surface area (Å²) in [6.45, 7) is 0.568. The van der Waals surface area contributed by atoms with E-state index < -0.39 is 0 Å². The Labute approximate surface area is 83.8 Å². The predicted molar refractivity (Wildman–Crippen MR) is 61.3 cm³/mol. The van der Waals surface area contributed by atoms with Crippen LogP contribution in [0.2, 0.25) is 0 Å². The van der Waals surface area contributed by atoms with Gasteiger partial charge in [-0.15, -0.1) is 6.42 Å². The van der Waals surface area contributed by atoms with E-state index in [1.165, 1.54) is 10.8 Å². The van der Waals surface area contributed by atoms with Crippen molar-refractivity contribution in [3.63, 3.8) is 0 Å². The first-order valence-electron chi connectivity index (χ1n) is 4.56. The van der Waals surface area contributed by atoms with Gasteiger partial charge in [-0.3, -0.25) is 0 Å². The molecule has 0 bridgehead atoms. The van der Waals surface area contributed by atoms with E-state index >= 15 is 0 Å². The molecule has 0 heterocycles. The molecule has 1 nitrogen and oxygen atoms in total. The van der Waals surface area contributed by atoms with E-state index in [2.05, 4.69) is 35.5 Å². The lowest BCUT2D eigenvalue weighted by atomic mass is 10.1. The molecule has 2 aromatic rings. The topological polar surface area (TPSA) is 12.0 Å². The fraction of sp³-hybridized carbons (Fsp3) is 0.0769. The summed E-state index contributed by atoms with van der Waals surface area (Å²) in [4.78, 5) is 0. The fourth-order valence-corrected chi connectivity index (χ4v) is 1.45. The summed E-state index contributed by atoms with van der Waals surface area (Å²) in [6.07, 6.45) is 5.18. The zero-order chi connectivity index (χ0) is 9.80. The normalized spacial score (nSPS) is 9.64. The van der Waals surface area contributed by atoms with Gasteiger partial charge in [-0.1, -0.05) is 36.3 Å². The summed E-state index contributed by atoms with van der Waals surface area (Å²) in [6, 6.07) is 14.5. The Bertz CT molecular complexity index is 480. The second kappa shape index (κ2) is 3.85. The van der Waals surface area contributed by atoms with Gasteiger partial charge in [-0.05, 0) is 22.9 Å². The Kier molecular flexibility index (Phi) is 2.38. The van der Waals surface area contributed by atoms with Crippen molar-refractivity contribution < 1.29 is 0 Å². The highest BCUT2D eigenvalue weighted by molar-refractivity contribution is 5.85. The largest absolute Gasteiger partial charge is 0.374 e. The Hall–Kier alpha value is -1.94. The maximum Gasteiger partial charge on any atom is 0.0763 e. The van der Waals surface area contributed by atoms with Crippen molar-refractivity contribution in [3.8, 4) is 12.3 Å². The van der Waals surface area contributed by atoms with Crippen LogP contribution in [0.4, 0.5) is 5.69 Å². The molecule has 0 atom stereocenters. The molecule has 0 radical (unpaired) electrons. The van der Waals surface area contributed by atoms with Crippen molar-refractivity contribution >= 4 is 16.5 Å². The number of hydrogen-bond donors (Lipinski definition) is 1. The van der Waals surface area contributed by atoms with E-state index in [4.69, 9.17) is 6.42 Å². The number of nitrogens with one attached hydrogen (secondary N) is 1. The first-order valence-corrected chi connectivity index (χ1v) is 4.56. The summed E-state index contributed by atoms with van der Waals surface area (Å²) in [5, 5.41) is 5.63. The van der Waals surface area contributed by atoms with Gasteiger partial charge in [0.05, 0.1) is 6.54 Å². The van der Waals surface area contributed by atoms with Crippen LogP contribution < -0.4 is 5.32 Å². The van der Waals surface area contributed by atoms with Crippen molar-refractivity contribution in [2.24, 2.45) is 0 Å². The molecule has 2 aromatic carbocycles. The standard InChI is InChI=1S/C13H11N/c1-2-9-14-13-8-7-11-5-3-4-6-12(11)10-13/h1,3-8,10,14H,9H2. The molecular weight excluding hydrogens is 170 g/mol. The molecule has 0 unspecified atom stereocenters. The number of fused-ring (bicyclic) bond motifs is 1. The zero-order valence-electron chi connectivity index (χ0n) is 7.83. The number of rotatable bonds is 2. The van der Waals surface area contributed by atoms with Gasteiger partial charge < -0.3 is 5.32 Å². The molecule has 0 aromatic heterocycles. The smallest absolute Gasteiger partial charge is 0.0763 e. The van der Waals surface area contributed by atoms with E-state index in [9.17, 15) is 0 Å². The van der Waals surface area contributed by atoms with Crippen LogP contribution in [0.3, 0.4) is 0 Å². The minimum atomic E-state index is 0.568. The third-order valence-corrected chi connectivity index (χ3v) is 2.14. The van der Waals surface area contributed by atoms with Crippen LogP contribution in [-0.4, -0.2) is 6.54 Å². The van der Waals surface area contributed by atoms with Gasteiger partial charge in [0.1, 0.15) is 0 Å². The van der Waals surface area contributed by atoms with Gasteiger partial charge in [0.2, 0.25) is 0 Å². The lowest BCUT2D eigenvalue weighted by molar-refractivity contribution is 1.39. The van der Waals surface area contributed by atoms with Crippen LogP contribution in [0.5, 0.6) is 0 Å². The van der Waals surface area contributed by atoms with Crippen LogP contribution in [-0.2, 0) is 0 Å². The summed E-state index contributed by atoms with van der Waals surface area (Å²) in [7, 11) is 0. The Morgan fingerprint density at radius 1 is 1.07 bits per heavy atom. The number of benzene rings is 2. The molecule has 1 N–H and O–H groups in total. The van der Waals surface area contributed by atoms with Gasteiger partial charge in [0.15, 0.2) is 0 Å². The fourth-order valence-electron chi connectivity index (χ4n) is 1.45. The molecule has 0 amide bonds. The Balaban J connectivity index is 2.37. The van der Waals surface area contributed by atoms with Crippen molar-refractivity contribution in [2.75, 3.05) is 11.9 Å². The lowest BCUT2D eigenvalue weighted by Crippen LogP contribution is -1.97. The molecule has 1 heteroatoms. The second-order valence-corrected chi connectivity index (χ2v) is 3.12. The molecule has 0 saturated carbocycles. The molecule has 2 rings (SSSR count). The highest BCUT2D eigenvalue weighted by Crippen LogP contribution is 2.18. The quantitative estimate of drug-likeness (QED) is 0.702. The SMILES string of the molecule is C#CCNc1ccc2ccccc2c1. The van der Waals surface area contributed by atoms with Crippen LogP contribution in [0, 0.1) is 12.3 Å². The molecular formula is C13H11N. The molecule has 68 valence electrons. The number of anilines is 1. The third-order valence-electron chi connectivity index (χ3n) is 2.14.